The molecule has 0 fully saturated rings. The standard InChI is InChI=1S/C12H13IN2O/c1-15-6-5-11(14-15)8-12(16)9-3-2-4-10(13)7-9/h2-7,12,16H,8H2,1H3. The summed E-state index contributed by atoms with van der Waals surface area (Å²) in [7, 11) is 1.88. The molecule has 1 heterocycles. The van der Waals surface area contributed by atoms with Crippen molar-refractivity contribution < 1.29 is 5.11 Å². The van der Waals surface area contributed by atoms with E-state index in [1.165, 1.54) is 0 Å². The van der Waals surface area contributed by atoms with Crippen molar-refractivity contribution in [3.05, 3.63) is 51.4 Å². The lowest BCUT2D eigenvalue weighted by Crippen LogP contribution is -2.03. The van der Waals surface area contributed by atoms with Gasteiger partial charge in [0, 0.05) is 23.2 Å². The first-order chi connectivity index (χ1) is 7.65. The van der Waals surface area contributed by atoms with E-state index in [0.717, 1.165) is 14.8 Å². The highest BCUT2D eigenvalue weighted by Gasteiger charge is 2.10. The van der Waals surface area contributed by atoms with Gasteiger partial charge in [0.2, 0.25) is 0 Å². The first-order valence-electron chi connectivity index (χ1n) is 5.07. The number of halogens is 1. The summed E-state index contributed by atoms with van der Waals surface area (Å²) in [5.74, 6) is 0. The highest BCUT2D eigenvalue weighted by molar-refractivity contribution is 14.1. The van der Waals surface area contributed by atoms with Crippen molar-refractivity contribution in [1.29, 1.82) is 0 Å². The van der Waals surface area contributed by atoms with Gasteiger partial charge in [-0.1, -0.05) is 12.1 Å². The summed E-state index contributed by atoms with van der Waals surface area (Å²) in [4.78, 5) is 0. The predicted molar refractivity (Wildman–Crippen MR) is 71.0 cm³/mol. The summed E-state index contributed by atoms with van der Waals surface area (Å²) >= 11 is 2.24. The zero-order valence-corrected chi connectivity index (χ0v) is 11.1. The molecule has 0 amide bonds. The molecule has 0 saturated carbocycles. The van der Waals surface area contributed by atoms with E-state index < -0.39 is 6.10 Å². The van der Waals surface area contributed by atoms with Crippen LogP contribution in [0.4, 0.5) is 0 Å². The van der Waals surface area contributed by atoms with E-state index in [9.17, 15) is 5.11 Å². The van der Waals surface area contributed by atoms with Crippen molar-refractivity contribution in [3.8, 4) is 0 Å². The SMILES string of the molecule is Cn1ccc(CC(O)c2cccc(I)c2)n1. The van der Waals surface area contributed by atoms with E-state index in [1.54, 1.807) is 4.68 Å². The van der Waals surface area contributed by atoms with E-state index in [1.807, 2.05) is 43.6 Å². The van der Waals surface area contributed by atoms with Gasteiger partial charge in [0.25, 0.3) is 0 Å². The van der Waals surface area contributed by atoms with E-state index in [0.29, 0.717) is 6.42 Å². The lowest BCUT2D eigenvalue weighted by molar-refractivity contribution is 0.177. The fraction of sp³-hybridized carbons (Fsp3) is 0.250. The Bertz CT molecular complexity index is 481. The Morgan fingerprint density at radius 3 is 2.88 bits per heavy atom. The van der Waals surface area contributed by atoms with Crippen molar-refractivity contribution >= 4 is 22.6 Å². The Labute approximate surface area is 108 Å². The quantitative estimate of drug-likeness (QED) is 0.878. The minimum absolute atomic E-state index is 0.482. The predicted octanol–water partition coefficient (Wildman–Crippen LogP) is 2.30. The van der Waals surface area contributed by atoms with Crippen LogP contribution < -0.4 is 0 Å². The molecule has 84 valence electrons. The van der Waals surface area contributed by atoms with Crippen molar-refractivity contribution in [3.63, 3.8) is 0 Å². The van der Waals surface area contributed by atoms with E-state index in [4.69, 9.17) is 0 Å². The Morgan fingerprint density at radius 2 is 2.25 bits per heavy atom. The van der Waals surface area contributed by atoms with Crippen LogP contribution in [0.25, 0.3) is 0 Å². The number of nitrogens with zero attached hydrogens (tertiary/aromatic N) is 2. The number of aliphatic hydroxyl groups is 1. The Hall–Kier alpha value is -0.880. The van der Waals surface area contributed by atoms with Crippen LogP contribution in [-0.2, 0) is 13.5 Å². The van der Waals surface area contributed by atoms with Crippen LogP contribution in [0.3, 0.4) is 0 Å². The lowest BCUT2D eigenvalue weighted by Gasteiger charge is -2.09. The van der Waals surface area contributed by atoms with Gasteiger partial charge in [0.1, 0.15) is 0 Å². The molecule has 0 saturated heterocycles. The van der Waals surface area contributed by atoms with Crippen LogP contribution in [-0.4, -0.2) is 14.9 Å². The summed E-state index contributed by atoms with van der Waals surface area (Å²) in [5.41, 5.74) is 1.85. The summed E-state index contributed by atoms with van der Waals surface area (Å²) in [6.45, 7) is 0. The zero-order chi connectivity index (χ0) is 11.5. The second kappa shape index (κ2) is 4.97. The molecule has 0 aliphatic heterocycles. The van der Waals surface area contributed by atoms with Crippen molar-refractivity contribution in [2.24, 2.45) is 7.05 Å². The summed E-state index contributed by atoms with van der Waals surface area (Å²) < 4.78 is 2.88. The van der Waals surface area contributed by atoms with Crippen LogP contribution in [0, 0.1) is 3.57 Å². The number of aryl methyl sites for hydroxylation is 1. The van der Waals surface area contributed by atoms with Crippen molar-refractivity contribution in [2.45, 2.75) is 12.5 Å². The molecule has 0 radical (unpaired) electrons. The molecule has 2 rings (SSSR count). The second-order valence-corrected chi connectivity index (χ2v) is 5.00. The molecule has 4 heteroatoms. The summed E-state index contributed by atoms with van der Waals surface area (Å²) in [6.07, 6.45) is 1.96. The van der Waals surface area contributed by atoms with Crippen LogP contribution >= 0.6 is 22.6 Å². The van der Waals surface area contributed by atoms with E-state index >= 15 is 0 Å². The molecule has 1 N–H and O–H groups in total. The number of rotatable bonds is 3. The van der Waals surface area contributed by atoms with Crippen LogP contribution in [0.5, 0.6) is 0 Å². The fourth-order valence-electron chi connectivity index (χ4n) is 1.60. The molecule has 1 atom stereocenters. The van der Waals surface area contributed by atoms with Gasteiger partial charge in [-0.2, -0.15) is 5.10 Å². The highest BCUT2D eigenvalue weighted by atomic mass is 127. The zero-order valence-electron chi connectivity index (χ0n) is 8.97. The topological polar surface area (TPSA) is 38.0 Å². The minimum Gasteiger partial charge on any atom is -0.388 e. The molecular weight excluding hydrogens is 315 g/mol. The van der Waals surface area contributed by atoms with Gasteiger partial charge in [-0.05, 0) is 46.4 Å². The largest absolute Gasteiger partial charge is 0.388 e. The third-order valence-electron chi connectivity index (χ3n) is 2.40. The summed E-state index contributed by atoms with van der Waals surface area (Å²) in [6, 6.07) is 9.83. The maximum Gasteiger partial charge on any atom is 0.0846 e. The molecule has 16 heavy (non-hydrogen) atoms. The molecule has 2 aromatic rings. The monoisotopic (exact) mass is 328 g/mol. The fourth-order valence-corrected chi connectivity index (χ4v) is 2.17. The van der Waals surface area contributed by atoms with Crippen LogP contribution in [0.15, 0.2) is 36.5 Å². The lowest BCUT2D eigenvalue weighted by atomic mass is 10.1. The molecule has 3 nitrogen and oxygen atoms in total. The van der Waals surface area contributed by atoms with Gasteiger partial charge in [0.05, 0.1) is 11.8 Å². The maximum absolute atomic E-state index is 10.1. The van der Waals surface area contributed by atoms with Gasteiger partial charge < -0.3 is 5.11 Å². The van der Waals surface area contributed by atoms with Gasteiger partial charge >= 0.3 is 0 Å². The molecule has 1 aromatic carbocycles. The smallest absolute Gasteiger partial charge is 0.0846 e. The number of hydrogen-bond acceptors (Lipinski definition) is 2. The molecule has 0 aliphatic carbocycles. The maximum atomic E-state index is 10.1. The molecular formula is C12H13IN2O. The van der Waals surface area contributed by atoms with E-state index in [2.05, 4.69) is 27.7 Å². The van der Waals surface area contributed by atoms with Gasteiger partial charge in [0.15, 0.2) is 0 Å². The first-order valence-corrected chi connectivity index (χ1v) is 6.15. The molecule has 1 aromatic heterocycles. The van der Waals surface area contributed by atoms with Gasteiger partial charge in [-0.25, -0.2) is 0 Å². The second-order valence-electron chi connectivity index (χ2n) is 3.76. The molecule has 0 bridgehead atoms. The summed E-state index contributed by atoms with van der Waals surface area (Å²) in [5, 5.41) is 14.3. The molecule has 1 unspecified atom stereocenters. The van der Waals surface area contributed by atoms with Crippen LogP contribution in [0.1, 0.15) is 17.4 Å². The van der Waals surface area contributed by atoms with Crippen molar-refractivity contribution in [2.75, 3.05) is 0 Å². The number of hydrogen-bond donors (Lipinski definition) is 1. The number of aromatic nitrogens is 2. The third kappa shape index (κ3) is 2.82. The average molecular weight is 328 g/mol. The highest BCUT2D eigenvalue weighted by Crippen LogP contribution is 2.19. The molecule has 0 aliphatic rings. The van der Waals surface area contributed by atoms with Crippen LogP contribution in [0.2, 0.25) is 0 Å². The normalized spacial score (nSPS) is 12.7. The van der Waals surface area contributed by atoms with Gasteiger partial charge in [-0.15, -0.1) is 0 Å². The Kier molecular flexibility index (Phi) is 3.60. The van der Waals surface area contributed by atoms with Gasteiger partial charge in [-0.3, -0.25) is 4.68 Å². The van der Waals surface area contributed by atoms with E-state index in [-0.39, 0.29) is 0 Å². The van der Waals surface area contributed by atoms with Crippen molar-refractivity contribution in [1.82, 2.24) is 9.78 Å². The number of aliphatic hydroxyl groups excluding tert-OH is 1. The Balaban J connectivity index is 2.11. The minimum atomic E-state index is -0.482. The third-order valence-corrected chi connectivity index (χ3v) is 3.08. The number of benzene rings is 1. The Morgan fingerprint density at radius 1 is 1.44 bits per heavy atom. The average Bonchev–Trinajstić information content (AvgIpc) is 2.64. The first kappa shape index (κ1) is 11.6. The molecule has 0 spiro atoms.